The van der Waals surface area contributed by atoms with Crippen molar-refractivity contribution < 1.29 is 0 Å². The molecule has 0 aliphatic carbocycles. The van der Waals surface area contributed by atoms with Crippen molar-refractivity contribution in [1.29, 1.82) is 0 Å². The summed E-state index contributed by atoms with van der Waals surface area (Å²) in [6, 6.07) is 0.0756. The molecule has 2 aromatic heterocycles. The number of nitrogens with zero attached hydrogens (tertiary/aromatic N) is 3. The maximum absolute atomic E-state index is 6.11. The smallest absolute Gasteiger partial charge is 0.0892 e. The minimum atomic E-state index is 0.0756. The normalized spacial score (nSPS) is 13.2. The highest BCUT2D eigenvalue weighted by molar-refractivity contribution is 5.52. The van der Waals surface area contributed by atoms with Crippen LogP contribution < -0.4 is 5.73 Å². The second kappa shape index (κ2) is 4.40. The van der Waals surface area contributed by atoms with Gasteiger partial charge < -0.3 is 5.73 Å². The van der Waals surface area contributed by atoms with Crippen molar-refractivity contribution in [2.45, 2.75) is 32.2 Å². The van der Waals surface area contributed by atoms with Crippen LogP contribution in [0.25, 0.3) is 5.52 Å². The molecule has 0 amide bonds. The van der Waals surface area contributed by atoms with Gasteiger partial charge in [-0.3, -0.25) is 4.98 Å². The summed E-state index contributed by atoms with van der Waals surface area (Å²) in [5.41, 5.74) is 8.22. The lowest BCUT2D eigenvalue weighted by molar-refractivity contribution is 0.606. The monoisotopic (exact) mass is 204 g/mol. The molecule has 1 atom stereocenters. The van der Waals surface area contributed by atoms with Gasteiger partial charge in [-0.05, 0) is 6.42 Å². The maximum atomic E-state index is 6.11. The van der Waals surface area contributed by atoms with Gasteiger partial charge in [-0.15, -0.1) is 0 Å². The van der Waals surface area contributed by atoms with E-state index in [-0.39, 0.29) is 6.04 Å². The van der Waals surface area contributed by atoms with Crippen LogP contribution in [-0.4, -0.2) is 14.6 Å². The zero-order chi connectivity index (χ0) is 10.7. The van der Waals surface area contributed by atoms with Crippen molar-refractivity contribution in [2.24, 2.45) is 5.73 Å². The lowest BCUT2D eigenvalue weighted by atomic mass is 10.0. The van der Waals surface area contributed by atoms with E-state index in [4.69, 9.17) is 5.73 Å². The van der Waals surface area contributed by atoms with Crippen molar-refractivity contribution in [3.05, 3.63) is 30.4 Å². The molecule has 0 radical (unpaired) electrons. The van der Waals surface area contributed by atoms with Crippen LogP contribution in [0.3, 0.4) is 0 Å². The van der Waals surface area contributed by atoms with Gasteiger partial charge in [-0.2, -0.15) is 5.10 Å². The first-order valence-corrected chi connectivity index (χ1v) is 5.35. The summed E-state index contributed by atoms with van der Waals surface area (Å²) in [5, 5.41) is 4.24. The Bertz CT molecular complexity index is 435. The molecule has 0 fully saturated rings. The van der Waals surface area contributed by atoms with Crippen LogP contribution in [-0.2, 0) is 0 Å². The number of aromatic nitrogens is 3. The van der Waals surface area contributed by atoms with Crippen LogP contribution in [0.5, 0.6) is 0 Å². The highest BCUT2D eigenvalue weighted by atomic mass is 15.2. The number of nitrogens with two attached hydrogens (primary N) is 1. The predicted molar refractivity (Wildman–Crippen MR) is 59.4 cm³/mol. The van der Waals surface area contributed by atoms with Crippen LogP contribution in [0.4, 0.5) is 0 Å². The molecule has 15 heavy (non-hydrogen) atoms. The molecule has 2 aromatic rings. The van der Waals surface area contributed by atoms with Gasteiger partial charge in [-0.25, -0.2) is 4.52 Å². The summed E-state index contributed by atoms with van der Waals surface area (Å²) in [5.74, 6) is 0. The molecule has 2 rings (SSSR count). The molecule has 0 spiro atoms. The summed E-state index contributed by atoms with van der Waals surface area (Å²) >= 11 is 0. The SMILES string of the molecule is CCCCC(N)c1cnn2ccncc12. The van der Waals surface area contributed by atoms with Gasteiger partial charge in [0.1, 0.15) is 0 Å². The van der Waals surface area contributed by atoms with Gasteiger partial charge in [0, 0.05) is 24.0 Å². The average Bonchev–Trinajstić information content (AvgIpc) is 2.69. The Hall–Kier alpha value is -1.42. The summed E-state index contributed by atoms with van der Waals surface area (Å²) in [6.07, 6.45) is 10.6. The van der Waals surface area contributed by atoms with Crippen LogP contribution in [0.2, 0.25) is 0 Å². The fourth-order valence-electron chi connectivity index (χ4n) is 1.72. The van der Waals surface area contributed by atoms with Gasteiger partial charge in [0.2, 0.25) is 0 Å². The van der Waals surface area contributed by atoms with E-state index in [1.54, 1.807) is 6.20 Å². The van der Waals surface area contributed by atoms with E-state index < -0.39 is 0 Å². The maximum Gasteiger partial charge on any atom is 0.0892 e. The number of hydrogen-bond acceptors (Lipinski definition) is 3. The molecular formula is C11H16N4. The number of unbranched alkanes of at least 4 members (excludes halogenated alkanes) is 1. The van der Waals surface area contributed by atoms with E-state index in [1.807, 2.05) is 23.1 Å². The first-order chi connectivity index (χ1) is 7.33. The first-order valence-electron chi connectivity index (χ1n) is 5.35. The molecular weight excluding hydrogens is 188 g/mol. The third-order valence-electron chi connectivity index (χ3n) is 2.62. The van der Waals surface area contributed by atoms with E-state index in [1.165, 1.54) is 6.42 Å². The Morgan fingerprint density at radius 2 is 2.33 bits per heavy atom. The zero-order valence-electron chi connectivity index (χ0n) is 8.93. The molecule has 2 N–H and O–H groups in total. The molecule has 0 saturated carbocycles. The average molecular weight is 204 g/mol. The molecule has 4 heteroatoms. The van der Waals surface area contributed by atoms with Crippen molar-refractivity contribution >= 4 is 5.52 Å². The predicted octanol–water partition coefficient (Wildman–Crippen LogP) is 1.92. The van der Waals surface area contributed by atoms with Crippen LogP contribution in [0, 0.1) is 0 Å². The molecule has 0 saturated heterocycles. The largest absolute Gasteiger partial charge is 0.324 e. The topological polar surface area (TPSA) is 56.2 Å². The minimum Gasteiger partial charge on any atom is -0.324 e. The summed E-state index contributed by atoms with van der Waals surface area (Å²) in [7, 11) is 0. The molecule has 2 heterocycles. The Morgan fingerprint density at radius 1 is 1.47 bits per heavy atom. The van der Waals surface area contributed by atoms with E-state index >= 15 is 0 Å². The molecule has 0 aromatic carbocycles. The summed E-state index contributed by atoms with van der Waals surface area (Å²) < 4.78 is 1.81. The molecule has 4 nitrogen and oxygen atoms in total. The van der Waals surface area contributed by atoms with E-state index in [2.05, 4.69) is 17.0 Å². The highest BCUT2D eigenvalue weighted by Crippen LogP contribution is 2.20. The fourth-order valence-corrected chi connectivity index (χ4v) is 1.72. The zero-order valence-corrected chi connectivity index (χ0v) is 8.93. The third-order valence-corrected chi connectivity index (χ3v) is 2.62. The van der Waals surface area contributed by atoms with Crippen molar-refractivity contribution in [2.75, 3.05) is 0 Å². The number of rotatable bonds is 4. The Balaban J connectivity index is 2.27. The number of fused-ring (bicyclic) bond motifs is 1. The molecule has 1 unspecified atom stereocenters. The molecule has 0 bridgehead atoms. The molecule has 0 aliphatic rings. The van der Waals surface area contributed by atoms with Gasteiger partial charge in [0.25, 0.3) is 0 Å². The lowest BCUT2D eigenvalue weighted by Gasteiger charge is -2.08. The molecule has 0 aliphatic heterocycles. The quantitative estimate of drug-likeness (QED) is 0.827. The third kappa shape index (κ3) is 1.99. The van der Waals surface area contributed by atoms with Gasteiger partial charge >= 0.3 is 0 Å². The summed E-state index contributed by atoms with van der Waals surface area (Å²) in [4.78, 5) is 4.09. The van der Waals surface area contributed by atoms with Crippen molar-refractivity contribution in [3.63, 3.8) is 0 Å². The highest BCUT2D eigenvalue weighted by Gasteiger charge is 2.11. The van der Waals surface area contributed by atoms with Gasteiger partial charge in [0.15, 0.2) is 0 Å². The molecule has 80 valence electrons. The second-order valence-corrected chi connectivity index (χ2v) is 3.75. The minimum absolute atomic E-state index is 0.0756. The van der Waals surface area contributed by atoms with E-state index in [0.717, 1.165) is 23.9 Å². The Morgan fingerprint density at radius 3 is 3.13 bits per heavy atom. The van der Waals surface area contributed by atoms with Crippen LogP contribution in [0.1, 0.15) is 37.8 Å². The standard InChI is InChI=1S/C11H16N4/c1-2-3-4-10(12)9-7-14-15-6-5-13-8-11(9)15/h5-8,10H,2-4,12H2,1H3. The van der Waals surface area contributed by atoms with E-state index in [9.17, 15) is 0 Å². The van der Waals surface area contributed by atoms with Gasteiger partial charge in [-0.1, -0.05) is 19.8 Å². The van der Waals surface area contributed by atoms with Crippen LogP contribution in [0.15, 0.2) is 24.8 Å². The van der Waals surface area contributed by atoms with Crippen molar-refractivity contribution in [3.8, 4) is 0 Å². The van der Waals surface area contributed by atoms with Gasteiger partial charge in [0.05, 0.1) is 17.9 Å². The first kappa shape index (κ1) is 10.1. The summed E-state index contributed by atoms with van der Waals surface area (Å²) in [6.45, 7) is 2.17. The Labute approximate surface area is 89.1 Å². The van der Waals surface area contributed by atoms with Crippen molar-refractivity contribution in [1.82, 2.24) is 14.6 Å². The lowest BCUT2D eigenvalue weighted by Crippen LogP contribution is -2.09. The Kier molecular flexibility index (Phi) is 2.97. The number of hydrogen-bond donors (Lipinski definition) is 1. The second-order valence-electron chi connectivity index (χ2n) is 3.75. The fraction of sp³-hybridized carbons (Fsp3) is 0.455. The van der Waals surface area contributed by atoms with E-state index in [0.29, 0.717) is 0 Å². The van der Waals surface area contributed by atoms with Crippen LogP contribution >= 0.6 is 0 Å².